The van der Waals surface area contributed by atoms with Gasteiger partial charge >= 0.3 is 12.1 Å². The molecule has 2 atom stereocenters. The summed E-state index contributed by atoms with van der Waals surface area (Å²) in [4.78, 5) is 25.4. The number of carbonyl (C=O) groups excluding carboxylic acids is 1. The first-order chi connectivity index (χ1) is 14.1. The number of thiazole rings is 1. The summed E-state index contributed by atoms with van der Waals surface area (Å²) in [5.41, 5.74) is 1.54. The van der Waals surface area contributed by atoms with Gasteiger partial charge in [0.15, 0.2) is 5.13 Å². The van der Waals surface area contributed by atoms with Gasteiger partial charge in [0.2, 0.25) is 0 Å². The highest BCUT2D eigenvalue weighted by atomic mass is 32.1. The Morgan fingerprint density at radius 2 is 2.07 bits per heavy atom. The molecule has 1 aromatic heterocycles. The third-order valence-electron chi connectivity index (χ3n) is 4.32. The van der Waals surface area contributed by atoms with Crippen molar-refractivity contribution in [2.75, 3.05) is 18.4 Å². The highest BCUT2D eigenvalue weighted by Gasteiger charge is 2.38. The summed E-state index contributed by atoms with van der Waals surface area (Å²) in [7, 11) is 0. The Bertz CT molecular complexity index is 823. The topological polar surface area (TPSA) is 103 Å². The minimum atomic E-state index is -5.08. The van der Waals surface area contributed by atoms with Crippen LogP contribution in [0.15, 0.2) is 35.8 Å². The van der Waals surface area contributed by atoms with Gasteiger partial charge in [0, 0.05) is 35.4 Å². The van der Waals surface area contributed by atoms with Gasteiger partial charge in [0.25, 0.3) is 5.91 Å². The third-order valence-corrected chi connectivity index (χ3v) is 5.01. The molecule has 1 aliphatic rings. The molecule has 2 heterocycles. The molecule has 1 saturated heterocycles. The Balaban J connectivity index is 0.000000396. The lowest BCUT2D eigenvalue weighted by Gasteiger charge is -2.27. The summed E-state index contributed by atoms with van der Waals surface area (Å²) in [6.45, 7) is 3.96. The number of aliphatic carboxylic acids is 1. The van der Waals surface area contributed by atoms with Crippen molar-refractivity contribution in [2.45, 2.75) is 32.0 Å². The van der Waals surface area contributed by atoms with E-state index in [9.17, 15) is 18.0 Å². The number of benzene rings is 1. The predicted molar refractivity (Wildman–Crippen MR) is 108 cm³/mol. The summed E-state index contributed by atoms with van der Waals surface area (Å²) in [6, 6.07) is 7.88. The standard InChI is InChI=1S/C17H22N4OS.C2HF3O2/c1-12-5-6-15(19-10-12)11-20-16(22)13-3-2-4-14(9-13)21-17-18-7-8-23-17;3-2(4,5)1(6)7/h2-4,7-9,12,15,19H,5-6,10-11H2,1H3,(H,18,21)(H,20,22);(H,6,7). The zero-order valence-electron chi connectivity index (χ0n) is 16.2. The van der Waals surface area contributed by atoms with Crippen molar-refractivity contribution >= 4 is 34.0 Å². The van der Waals surface area contributed by atoms with Gasteiger partial charge in [-0.2, -0.15) is 13.2 Å². The molecule has 4 N–H and O–H groups in total. The lowest BCUT2D eigenvalue weighted by Crippen LogP contribution is -2.45. The number of nitrogens with zero attached hydrogens (tertiary/aromatic N) is 1. The minimum Gasteiger partial charge on any atom is -0.475 e. The van der Waals surface area contributed by atoms with E-state index in [1.54, 1.807) is 6.20 Å². The Hall–Kier alpha value is -2.66. The van der Waals surface area contributed by atoms with Crippen LogP contribution in [0.2, 0.25) is 0 Å². The fourth-order valence-corrected chi connectivity index (χ4v) is 3.25. The quantitative estimate of drug-likeness (QED) is 0.562. The Labute approximate surface area is 175 Å². The van der Waals surface area contributed by atoms with Crippen molar-refractivity contribution in [1.82, 2.24) is 15.6 Å². The van der Waals surface area contributed by atoms with Crippen molar-refractivity contribution in [1.29, 1.82) is 0 Å². The van der Waals surface area contributed by atoms with E-state index in [2.05, 4.69) is 27.9 Å². The second kappa shape index (κ2) is 10.9. The molecule has 1 aromatic carbocycles. The molecule has 2 unspecified atom stereocenters. The number of hydrogen-bond donors (Lipinski definition) is 4. The van der Waals surface area contributed by atoms with Gasteiger partial charge in [-0.05, 0) is 43.5 Å². The van der Waals surface area contributed by atoms with Gasteiger partial charge in [0.05, 0.1) is 0 Å². The van der Waals surface area contributed by atoms with E-state index >= 15 is 0 Å². The molecule has 2 aromatic rings. The lowest BCUT2D eigenvalue weighted by molar-refractivity contribution is -0.192. The van der Waals surface area contributed by atoms with Crippen molar-refractivity contribution in [3.8, 4) is 0 Å². The largest absolute Gasteiger partial charge is 0.490 e. The molecule has 7 nitrogen and oxygen atoms in total. The van der Waals surface area contributed by atoms with Gasteiger partial charge in [-0.1, -0.05) is 13.0 Å². The average molecular weight is 444 g/mol. The number of carbonyl (C=O) groups is 2. The second-order valence-electron chi connectivity index (χ2n) is 6.84. The molecule has 0 saturated carbocycles. The van der Waals surface area contributed by atoms with E-state index in [1.807, 2.05) is 29.6 Å². The van der Waals surface area contributed by atoms with Gasteiger partial charge < -0.3 is 21.1 Å². The van der Waals surface area contributed by atoms with E-state index in [4.69, 9.17) is 9.90 Å². The SMILES string of the molecule is CC1CCC(CNC(=O)c2cccc(Nc3nccs3)c2)NC1.O=C(O)C(F)(F)F. The van der Waals surface area contributed by atoms with Crippen LogP contribution in [0.3, 0.4) is 0 Å². The highest BCUT2D eigenvalue weighted by Crippen LogP contribution is 2.19. The first-order valence-electron chi connectivity index (χ1n) is 9.23. The predicted octanol–water partition coefficient (Wildman–Crippen LogP) is 3.64. The van der Waals surface area contributed by atoms with Crippen LogP contribution >= 0.6 is 11.3 Å². The fourth-order valence-electron chi connectivity index (χ4n) is 2.70. The minimum absolute atomic E-state index is 0.0341. The number of alkyl halides is 3. The number of amides is 1. The third kappa shape index (κ3) is 7.99. The first-order valence-corrected chi connectivity index (χ1v) is 10.1. The van der Waals surface area contributed by atoms with Crippen LogP contribution in [-0.4, -0.2) is 47.3 Å². The highest BCUT2D eigenvalue weighted by molar-refractivity contribution is 7.13. The van der Waals surface area contributed by atoms with Crippen LogP contribution < -0.4 is 16.0 Å². The number of aromatic nitrogens is 1. The van der Waals surface area contributed by atoms with E-state index in [0.29, 0.717) is 18.2 Å². The second-order valence-corrected chi connectivity index (χ2v) is 7.74. The zero-order chi connectivity index (χ0) is 22.1. The van der Waals surface area contributed by atoms with E-state index in [1.165, 1.54) is 17.8 Å². The van der Waals surface area contributed by atoms with Crippen LogP contribution in [-0.2, 0) is 4.79 Å². The Kier molecular flexibility index (Phi) is 8.60. The summed E-state index contributed by atoms with van der Waals surface area (Å²) < 4.78 is 31.7. The lowest BCUT2D eigenvalue weighted by atomic mass is 9.96. The number of anilines is 2. The molecule has 1 aliphatic heterocycles. The Morgan fingerprint density at radius 1 is 1.33 bits per heavy atom. The molecule has 1 amide bonds. The summed E-state index contributed by atoms with van der Waals surface area (Å²) >= 11 is 1.53. The van der Waals surface area contributed by atoms with E-state index in [0.717, 1.165) is 29.7 Å². The molecule has 164 valence electrons. The molecular formula is C19H23F3N4O3S. The van der Waals surface area contributed by atoms with Gasteiger partial charge in [0.1, 0.15) is 0 Å². The maximum absolute atomic E-state index is 12.3. The first kappa shape index (κ1) is 23.6. The van der Waals surface area contributed by atoms with Crippen LogP contribution in [0.25, 0.3) is 0 Å². The average Bonchev–Trinajstić information content (AvgIpc) is 3.20. The number of carboxylic acids is 1. The maximum atomic E-state index is 12.3. The molecule has 30 heavy (non-hydrogen) atoms. The number of rotatable bonds is 5. The van der Waals surface area contributed by atoms with Gasteiger partial charge in [-0.15, -0.1) is 11.3 Å². The molecular weight excluding hydrogens is 421 g/mol. The van der Waals surface area contributed by atoms with Crippen molar-refractivity contribution in [3.05, 3.63) is 41.4 Å². The molecule has 0 aliphatic carbocycles. The van der Waals surface area contributed by atoms with Crippen molar-refractivity contribution < 1.29 is 27.9 Å². The van der Waals surface area contributed by atoms with Crippen LogP contribution in [0.4, 0.5) is 24.0 Å². The van der Waals surface area contributed by atoms with Crippen molar-refractivity contribution in [3.63, 3.8) is 0 Å². The van der Waals surface area contributed by atoms with Gasteiger partial charge in [-0.3, -0.25) is 4.79 Å². The molecule has 3 rings (SSSR count). The van der Waals surface area contributed by atoms with Crippen LogP contribution in [0.5, 0.6) is 0 Å². The molecule has 11 heteroatoms. The molecule has 0 bridgehead atoms. The summed E-state index contributed by atoms with van der Waals surface area (Å²) in [6.07, 6.45) is -0.991. The normalized spacial score (nSPS) is 18.7. The van der Waals surface area contributed by atoms with Crippen molar-refractivity contribution in [2.24, 2.45) is 5.92 Å². The van der Waals surface area contributed by atoms with Gasteiger partial charge in [-0.25, -0.2) is 9.78 Å². The maximum Gasteiger partial charge on any atom is 0.490 e. The fraction of sp³-hybridized carbons (Fsp3) is 0.421. The smallest absolute Gasteiger partial charge is 0.475 e. The molecule has 0 radical (unpaired) electrons. The Morgan fingerprint density at radius 3 is 2.63 bits per heavy atom. The zero-order valence-corrected chi connectivity index (χ0v) is 17.0. The summed E-state index contributed by atoms with van der Waals surface area (Å²) in [5.74, 6) is -2.06. The molecule has 1 fully saturated rings. The number of carboxylic acid groups (broad SMARTS) is 1. The van der Waals surface area contributed by atoms with E-state index in [-0.39, 0.29) is 5.91 Å². The van der Waals surface area contributed by atoms with E-state index < -0.39 is 12.1 Å². The number of piperidine rings is 1. The van der Waals surface area contributed by atoms with Crippen LogP contribution in [0, 0.1) is 5.92 Å². The number of nitrogens with one attached hydrogen (secondary N) is 3. The number of hydrogen-bond acceptors (Lipinski definition) is 6. The molecule has 0 spiro atoms. The summed E-state index contributed by atoms with van der Waals surface area (Å²) in [5, 5.41) is 19.6. The number of halogens is 3. The monoisotopic (exact) mass is 444 g/mol. The van der Waals surface area contributed by atoms with Crippen LogP contribution in [0.1, 0.15) is 30.1 Å².